The summed E-state index contributed by atoms with van der Waals surface area (Å²) in [5.41, 5.74) is 2.90. The van der Waals surface area contributed by atoms with Crippen molar-refractivity contribution in [1.82, 2.24) is 24.3 Å². The summed E-state index contributed by atoms with van der Waals surface area (Å²) < 4.78 is 16.9. The molecule has 0 aliphatic carbocycles. The molecule has 0 spiro atoms. The summed E-state index contributed by atoms with van der Waals surface area (Å²) in [6, 6.07) is 8.25. The van der Waals surface area contributed by atoms with Crippen LogP contribution in [0.5, 0.6) is 0 Å². The number of anilines is 2. The predicted molar refractivity (Wildman–Crippen MR) is 120 cm³/mol. The number of aromatic nitrogens is 5. The van der Waals surface area contributed by atoms with Crippen molar-refractivity contribution in [3.05, 3.63) is 87.4 Å². The average Bonchev–Trinajstić information content (AvgIpc) is 3.10. The number of hydrogen-bond donors (Lipinski definition) is 2. The lowest BCUT2D eigenvalue weighted by Gasteiger charge is -2.18. The molecule has 0 saturated carbocycles. The Balaban J connectivity index is 1.63. The lowest BCUT2D eigenvalue weighted by molar-refractivity contribution is 0.247. The monoisotopic (exact) mass is 454 g/mol. The molecule has 3 heterocycles. The minimum Gasteiger partial charge on any atom is -0.394 e. The summed E-state index contributed by atoms with van der Waals surface area (Å²) in [6.45, 7) is 1.54. The SMILES string of the molecule is Cc1c(Nc2nccc(-c3ccn(C(CO)c4ccc(Cl)c(F)c4)c(=O)c3)n2)cnn1C. The van der Waals surface area contributed by atoms with E-state index in [1.54, 1.807) is 41.5 Å². The van der Waals surface area contributed by atoms with Crippen molar-refractivity contribution in [2.24, 2.45) is 7.05 Å². The van der Waals surface area contributed by atoms with Gasteiger partial charge in [-0.25, -0.2) is 14.4 Å². The summed E-state index contributed by atoms with van der Waals surface area (Å²) in [4.78, 5) is 21.5. The molecule has 2 N–H and O–H groups in total. The first kappa shape index (κ1) is 21.7. The van der Waals surface area contributed by atoms with Gasteiger partial charge in [0.15, 0.2) is 0 Å². The van der Waals surface area contributed by atoms with Crippen molar-refractivity contribution in [3.63, 3.8) is 0 Å². The Kier molecular flexibility index (Phi) is 6.02. The van der Waals surface area contributed by atoms with Gasteiger partial charge in [-0.15, -0.1) is 0 Å². The highest BCUT2D eigenvalue weighted by Crippen LogP contribution is 2.24. The van der Waals surface area contributed by atoms with E-state index in [1.165, 1.54) is 22.8 Å². The highest BCUT2D eigenvalue weighted by atomic mass is 35.5. The zero-order valence-electron chi connectivity index (χ0n) is 17.3. The van der Waals surface area contributed by atoms with Crippen LogP contribution in [0.1, 0.15) is 17.3 Å². The second kappa shape index (κ2) is 8.89. The number of aliphatic hydroxyl groups is 1. The van der Waals surface area contributed by atoms with Crippen LogP contribution in [-0.4, -0.2) is 36.0 Å². The standard InChI is InChI=1S/C22H20ClFN6O2/c1-13-19(11-26-29(13)2)28-22-25-7-5-18(27-22)14-6-8-30(21(32)10-14)20(12-31)15-3-4-16(23)17(24)9-15/h3-11,20,31H,12H2,1-2H3,(H,25,27,28). The van der Waals surface area contributed by atoms with Crippen molar-refractivity contribution in [1.29, 1.82) is 0 Å². The van der Waals surface area contributed by atoms with Crippen LogP contribution in [0.15, 0.2) is 59.8 Å². The third-order valence-electron chi connectivity index (χ3n) is 5.22. The van der Waals surface area contributed by atoms with Crippen molar-refractivity contribution >= 4 is 23.2 Å². The Labute approximate surface area is 188 Å². The van der Waals surface area contributed by atoms with Gasteiger partial charge >= 0.3 is 0 Å². The van der Waals surface area contributed by atoms with Crippen LogP contribution in [0.25, 0.3) is 11.3 Å². The molecule has 32 heavy (non-hydrogen) atoms. The summed E-state index contributed by atoms with van der Waals surface area (Å²) in [5, 5.41) is 17.1. The molecule has 1 atom stereocenters. The van der Waals surface area contributed by atoms with Gasteiger partial charge in [0, 0.05) is 31.1 Å². The number of rotatable bonds is 6. The van der Waals surface area contributed by atoms with Gasteiger partial charge in [0.25, 0.3) is 5.56 Å². The number of halogens is 2. The van der Waals surface area contributed by atoms with E-state index in [-0.39, 0.29) is 17.2 Å². The van der Waals surface area contributed by atoms with Gasteiger partial charge < -0.3 is 15.0 Å². The zero-order valence-corrected chi connectivity index (χ0v) is 18.1. The summed E-state index contributed by atoms with van der Waals surface area (Å²) in [6.07, 6.45) is 4.82. The molecule has 4 rings (SSSR count). The Morgan fingerprint density at radius 3 is 2.72 bits per heavy atom. The maximum Gasteiger partial charge on any atom is 0.251 e. The average molecular weight is 455 g/mol. The maximum absolute atomic E-state index is 13.9. The van der Waals surface area contributed by atoms with Gasteiger partial charge in [0.05, 0.1) is 40.9 Å². The van der Waals surface area contributed by atoms with E-state index in [1.807, 2.05) is 14.0 Å². The molecule has 1 unspecified atom stereocenters. The fourth-order valence-electron chi connectivity index (χ4n) is 3.30. The molecule has 164 valence electrons. The van der Waals surface area contributed by atoms with Crippen molar-refractivity contribution in [3.8, 4) is 11.3 Å². The summed E-state index contributed by atoms with van der Waals surface area (Å²) in [7, 11) is 1.84. The van der Waals surface area contributed by atoms with Gasteiger partial charge in [-0.2, -0.15) is 5.10 Å². The van der Waals surface area contributed by atoms with Gasteiger partial charge in [-0.3, -0.25) is 9.48 Å². The van der Waals surface area contributed by atoms with Gasteiger partial charge in [0.2, 0.25) is 5.95 Å². The smallest absolute Gasteiger partial charge is 0.251 e. The highest BCUT2D eigenvalue weighted by molar-refractivity contribution is 6.30. The molecule has 4 aromatic rings. The molecule has 1 aromatic carbocycles. The normalized spacial score (nSPS) is 12.0. The maximum atomic E-state index is 13.9. The van der Waals surface area contributed by atoms with Gasteiger partial charge in [-0.05, 0) is 36.8 Å². The first-order valence-electron chi connectivity index (χ1n) is 9.74. The zero-order chi connectivity index (χ0) is 22.8. The van der Waals surface area contributed by atoms with E-state index in [0.717, 1.165) is 11.4 Å². The molecule has 0 aliphatic rings. The number of benzene rings is 1. The molecule has 10 heteroatoms. The fraction of sp³-hybridized carbons (Fsp3) is 0.182. The van der Waals surface area contributed by atoms with E-state index >= 15 is 0 Å². The second-order valence-corrected chi connectivity index (χ2v) is 7.60. The van der Waals surface area contributed by atoms with Crippen LogP contribution >= 0.6 is 11.6 Å². The molecule has 0 radical (unpaired) electrons. The van der Waals surface area contributed by atoms with Gasteiger partial charge in [-0.1, -0.05) is 17.7 Å². The van der Waals surface area contributed by atoms with Crippen molar-refractivity contribution < 1.29 is 9.50 Å². The number of pyridine rings is 1. The number of nitrogens with one attached hydrogen (secondary N) is 1. The van der Waals surface area contributed by atoms with Crippen molar-refractivity contribution in [2.75, 3.05) is 11.9 Å². The first-order valence-corrected chi connectivity index (χ1v) is 10.1. The van der Waals surface area contributed by atoms with Crippen LogP contribution in [0.4, 0.5) is 16.0 Å². The topological polar surface area (TPSA) is 97.9 Å². The lowest BCUT2D eigenvalue weighted by atomic mass is 10.1. The Morgan fingerprint density at radius 1 is 1.25 bits per heavy atom. The fourth-order valence-corrected chi connectivity index (χ4v) is 3.42. The quantitative estimate of drug-likeness (QED) is 0.463. The van der Waals surface area contributed by atoms with Crippen LogP contribution < -0.4 is 10.9 Å². The van der Waals surface area contributed by atoms with Crippen LogP contribution in [0, 0.1) is 12.7 Å². The molecular weight excluding hydrogens is 435 g/mol. The highest BCUT2D eigenvalue weighted by Gasteiger charge is 2.17. The molecule has 8 nitrogen and oxygen atoms in total. The number of aryl methyl sites for hydroxylation is 1. The third-order valence-corrected chi connectivity index (χ3v) is 5.52. The number of nitrogens with zero attached hydrogens (tertiary/aromatic N) is 5. The third kappa shape index (κ3) is 4.25. The van der Waals surface area contributed by atoms with Gasteiger partial charge in [0.1, 0.15) is 5.82 Å². The second-order valence-electron chi connectivity index (χ2n) is 7.19. The molecule has 0 bridgehead atoms. The first-order chi connectivity index (χ1) is 15.4. The van der Waals surface area contributed by atoms with E-state index in [9.17, 15) is 14.3 Å². The van der Waals surface area contributed by atoms with Crippen LogP contribution in [0.2, 0.25) is 5.02 Å². The van der Waals surface area contributed by atoms with E-state index < -0.39 is 11.9 Å². The molecule has 0 saturated heterocycles. The molecule has 0 amide bonds. The molecule has 0 aliphatic heterocycles. The molecule has 3 aromatic heterocycles. The predicted octanol–water partition coefficient (Wildman–Crippen LogP) is 3.47. The summed E-state index contributed by atoms with van der Waals surface area (Å²) in [5.74, 6) is -0.246. The van der Waals surface area contributed by atoms with Crippen LogP contribution in [0.3, 0.4) is 0 Å². The summed E-state index contributed by atoms with van der Waals surface area (Å²) >= 11 is 5.74. The lowest BCUT2D eigenvalue weighted by Crippen LogP contribution is -2.27. The van der Waals surface area contributed by atoms with Crippen molar-refractivity contribution in [2.45, 2.75) is 13.0 Å². The minimum atomic E-state index is -0.750. The minimum absolute atomic E-state index is 0.0252. The number of hydrogen-bond acceptors (Lipinski definition) is 6. The largest absolute Gasteiger partial charge is 0.394 e. The van der Waals surface area contributed by atoms with E-state index in [2.05, 4.69) is 20.4 Å². The Bertz CT molecular complexity index is 1340. The van der Waals surface area contributed by atoms with E-state index in [0.29, 0.717) is 22.8 Å². The molecule has 0 fully saturated rings. The Morgan fingerprint density at radius 2 is 2.06 bits per heavy atom. The van der Waals surface area contributed by atoms with E-state index in [4.69, 9.17) is 11.6 Å². The Hall–Kier alpha value is -3.56. The van der Waals surface area contributed by atoms with Crippen LogP contribution in [-0.2, 0) is 7.05 Å². The molecular formula is C22H20ClFN6O2. The number of aliphatic hydroxyl groups excluding tert-OH is 1.